The molecule has 2 aliphatic heterocycles. The fourth-order valence-corrected chi connectivity index (χ4v) is 2.38. The average Bonchev–Trinajstić information content (AvgIpc) is 2.45. The summed E-state index contributed by atoms with van der Waals surface area (Å²) in [4.78, 5) is 8.61. The van der Waals surface area contributed by atoms with E-state index in [9.17, 15) is 13.2 Å². The summed E-state index contributed by atoms with van der Waals surface area (Å²) < 4.78 is 41.5. The second-order valence-corrected chi connectivity index (χ2v) is 5.29. The topological polar surface area (TPSA) is 54.1 Å². The molecule has 1 atom stereocenters. The number of halogens is 3. The van der Waals surface area contributed by atoms with E-state index in [1.54, 1.807) is 0 Å². The highest BCUT2D eigenvalue weighted by molar-refractivity contribution is 5.99. The summed E-state index contributed by atoms with van der Waals surface area (Å²) in [5.41, 5.74) is 6.59. The van der Waals surface area contributed by atoms with Gasteiger partial charge in [-0.15, -0.1) is 0 Å². The smallest absolute Gasteiger partial charge is 0.354 e. The minimum atomic E-state index is -4.33. The van der Waals surface area contributed by atoms with Crippen LogP contribution in [0.25, 0.3) is 0 Å². The molecule has 8 heteroatoms. The molecular weight excluding hydrogens is 285 g/mol. The molecule has 1 unspecified atom stereocenters. The number of hydrogen-bond acceptors (Lipinski definition) is 5. The number of dihydropyridines is 1. The Morgan fingerprint density at radius 1 is 1.33 bits per heavy atom. The molecule has 0 saturated carbocycles. The van der Waals surface area contributed by atoms with Gasteiger partial charge in [-0.25, -0.2) is 4.99 Å². The van der Waals surface area contributed by atoms with Crippen LogP contribution >= 0.6 is 0 Å². The van der Waals surface area contributed by atoms with E-state index in [0.29, 0.717) is 18.8 Å². The van der Waals surface area contributed by atoms with Crippen LogP contribution in [-0.2, 0) is 4.74 Å². The molecule has 0 radical (unpaired) electrons. The molecule has 120 valence electrons. The quantitative estimate of drug-likeness (QED) is 0.839. The summed E-state index contributed by atoms with van der Waals surface area (Å²) in [7, 11) is 2.04. The van der Waals surface area contributed by atoms with Gasteiger partial charge in [0.2, 0.25) is 0 Å². The molecule has 2 heterocycles. The van der Waals surface area contributed by atoms with Gasteiger partial charge >= 0.3 is 6.18 Å². The molecule has 5 nitrogen and oxygen atoms in total. The fourth-order valence-electron chi connectivity index (χ4n) is 2.38. The third-order valence-electron chi connectivity index (χ3n) is 3.58. The van der Waals surface area contributed by atoms with Gasteiger partial charge in [-0.2, -0.15) is 13.2 Å². The Morgan fingerprint density at radius 2 is 2.00 bits per heavy atom. The van der Waals surface area contributed by atoms with Gasteiger partial charge in [0.15, 0.2) is 6.23 Å². The highest BCUT2D eigenvalue weighted by Gasteiger charge is 2.31. The van der Waals surface area contributed by atoms with Gasteiger partial charge in [0.25, 0.3) is 0 Å². The zero-order chi connectivity index (χ0) is 15.5. The van der Waals surface area contributed by atoms with E-state index in [2.05, 4.69) is 14.8 Å². The van der Waals surface area contributed by atoms with Gasteiger partial charge < -0.3 is 20.3 Å². The zero-order valence-electron chi connectivity index (χ0n) is 12.1. The van der Waals surface area contributed by atoms with Crippen molar-refractivity contribution in [2.75, 3.05) is 46.4 Å². The van der Waals surface area contributed by atoms with Crippen molar-refractivity contribution in [3.63, 3.8) is 0 Å². The SMILES string of the molecule is CN1CCN(C2=NC(OCC(F)(F)F)CC=C2CN)CC1. The number of amidine groups is 1. The van der Waals surface area contributed by atoms with Crippen molar-refractivity contribution < 1.29 is 17.9 Å². The second kappa shape index (κ2) is 6.76. The number of likely N-dealkylation sites (N-methyl/N-ethyl adjacent to an activating group) is 1. The third-order valence-corrected chi connectivity index (χ3v) is 3.58. The molecule has 0 aromatic heterocycles. The van der Waals surface area contributed by atoms with Gasteiger partial charge in [-0.1, -0.05) is 6.08 Å². The first kappa shape index (κ1) is 16.3. The lowest BCUT2D eigenvalue weighted by molar-refractivity contribution is -0.184. The first-order valence-corrected chi connectivity index (χ1v) is 6.98. The minimum Gasteiger partial charge on any atom is -0.354 e. The van der Waals surface area contributed by atoms with E-state index in [-0.39, 0.29) is 0 Å². The number of aliphatic imine (C=N–C) groups is 1. The number of hydrogen-bond donors (Lipinski definition) is 1. The lowest BCUT2D eigenvalue weighted by atomic mass is 10.1. The Morgan fingerprint density at radius 3 is 2.57 bits per heavy atom. The van der Waals surface area contributed by atoms with Crippen LogP contribution in [0.15, 0.2) is 16.6 Å². The predicted molar refractivity (Wildman–Crippen MR) is 74.1 cm³/mol. The molecular formula is C13H21F3N4O. The summed E-state index contributed by atoms with van der Waals surface area (Å²) in [5.74, 6) is 0.684. The van der Waals surface area contributed by atoms with Gasteiger partial charge in [-0.3, -0.25) is 0 Å². The molecule has 0 aromatic rings. The van der Waals surface area contributed by atoms with Gasteiger partial charge in [0, 0.05) is 44.7 Å². The Bertz CT molecular complexity index is 414. The van der Waals surface area contributed by atoms with Crippen LogP contribution in [0.4, 0.5) is 13.2 Å². The lowest BCUT2D eigenvalue weighted by Crippen LogP contribution is -2.49. The summed E-state index contributed by atoms with van der Waals surface area (Å²) in [6, 6.07) is 0. The van der Waals surface area contributed by atoms with Crippen molar-refractivity contribution >= 4 is 5.84 Å². The van der Waals surface area contributed by atoms with Crippen molar-refractivity contribution in [2.24, 2.45) is 10.7 Å². The Kier molecular flexibility index (Phi) is 5.23. The molecule has 0 bridgehead atoms. The summed E-state index contributed by atoms with van der Waals surface area (Å²) in [6.07, 6.45) is -2.94. The molecule has 1 fully saturated rings. The maximum absolute atomic E-state index is 12.2. The second-order valence-electron chi connectivity index (χ2n) is 5.29. The van der Waals surface area contributed by atoms with Gasteiger partial charge in [-0.05, 0) is 7.05 Å². The number of ether oxygens (including phenoxy) is 1. The predicted octanol–water partition coefficient (Wildman–Crippen LogP) is 0.826. The standard InChI is InChI=1S/C13H21F3N4O/c1-19-4-6-20(7-5-19)12-10(8-17)2-3-11(18-12)21-9-13(14,15)16/h2,11H,3-9,17H2,1H3. The fraction of sp³-hybridized carbons (Fsp3) is 0.769. The van der Waals surface area contributed by atoms with Crippen LogP contribution in [0.5, 0.6) is 0 Å². The number of nitrogens with two attached hydrogens (primary N) is 1. The minimum absolute atomic E-state index is 0.331. The Balaban J connectivity index is 2.03. The summed E-state index contributed by atoms with van der Waals surface area (Å²) in [6.45, 7) is 2.42. The van der Waals surface area contributed by atoms with Crippen LogP contribution < -0.4 is 5.73 Å². The van der Waals surface area contributed by atoms with Crippen molar-refractivity contribution in [3.05, 3.63) is 11.6 Å². The first-order chi connectivity index (χ1) is 9.89. The van der Waals surface area contributed by atoms with Crippen molar-refractivity contribution in [2.45, 2.75) is 18.8 Å². The monoisotopic (exact) mass is 306 g/mol. The molecule has 21 heavy (non-hydrogen) atoms. The van der Waals surface area contributed by atoms with E-state index < -0.39 is 19.0 Å². The maximum atomic E-state index is 12.2. The highest BCUT2D eigenvalue weighted by atomic mass is 19.4. The van der Waals surface area contributed by atoms with Crippen molar-refractivity contribution in [3.8, 4) is 0 Å². The van der Waals surface area contributed by atoms with Crippen LogP contribution in [0, 0.1) is 0 Å². The van der Waals surface area contributed by atoms with E-state index in [4.69, 9.17) is 10.5 Å². The molecule has 0 aromatic carbocycles. The molecule has 2 aliphatic rings. The summed E-state index contributed by atoms with van der Waals surface area (Å²) >= 11 is 0. The van der Waals surface area contributed by atoms with Crippen molar-refractivity contribution in [1.82, 2.24) is 9.80 Å². The molecule has 1 saturated heterocycles. The highest BCUT2D eigenvalue weighted by Crippen LogP contribution is 2.21. The van der Waals surface area contributed by atoms with Crippen molar-refractivity contribution in [1.29, 1.82) is 0 Å². The molecule has 0 spiro atoms. The summed E-state index contributed by atoms with van der Waals surface area (Å²) in [5, 5.41) is 0. The molecule has 0 amide bonds. The zero-order valence-corrected chi connectivity index (χ0v) is 12.1. The molecule has 2 rings (SSSR count). The number of rotatable bonds is 3. The number of nitrogens with zero attached hydrogens (tertiary/aromatic N) is 3. The molecule has 2 N–H and O–H groups in total. The maximum Gasteiger partial charge on any atom is 0.411 e. The largest absolute Gasteiger partial charge is 0.411 e. The van der Waals surface area contributed by atoms with Crippen LogP contribution in [-0.4, -0.2) is 74.4 Å². The number of alkyl halides is 3. The Hall–Kier alpha value is -1.12. The van der Waals surface area contributed by atoms with Gasteiger partial charge in [0.05, 0.1) is 0 Å². The van der Waals surface area contributed by atoms with E-state index >= 15 is 0 Å². The van der Waals surface area contributed by atoms with Crippen LogP contribution in [0.1, 0.15) is 6.42 Å². The van der Waals surface area contributed by atoms with E-state index in [1.165, 1.54) is 0 Å². The number of piperazine rings is 1. The van der Waals surface area contributed by atoms with Crippen LogP contribution in [0.3, 0.4) is 0 Å². The first-order valence-electron chi connectivity index (χ1n) is 6.98. The Labute approximate surface area is 122 Å². The van der Waals surface area contributed by atoms with Crippen LogP contribution in [0.2, 0.25) is 0 Å². The molecule has 0 aliphatic carbocycles. The van der Waals surface area contributed by atoms with Gasteiger partial charge in [0.1, 0.15) is 12.4 Å². The lowest BCUT2D eigenvalue weighted by Gasteiger charge is -2.37. The van der Waals surface area contributed by atoms with E-state index in [1.807, 2.05) is 13.1 Å². The average molecular weight is 306 g/mol. The normalized spacial score (nSPS) is 24.8. The van der Waals surface area contributed by atoms with E-state index in [0.717, 1.165) is 31.8 Å². The third kappa shape index (κ3) is 4.69.